The van der Waals surface area contributed by atoms with Gasteiger partial charge < -0.3 is 5.32 Å². The molecule has 124 valence electrons. The first-order valence-corrected chi connectivity index (χ1v) is 8.42. The normalized spacial score (nSPS) is 22.9. The molecule has 2 aromatic rings. The van der Waals surface area contributed by atoms with Crippen LogP contribution in [0.15, 0.2) is 35.7 Å². The molecular formula is C18H15N5OS. The third-order valence-electron chi connectivity index (χ3n) is 4.43. The molecule has 3 rings (SSSR count). The molecule has 25 heavy (non-hydrogen) atoms. The van der Waals surface area contributed by atoms with E-state index in [1.54, 1.807) is 19.1 Å². The molecule has 2 N–H and O–H groups in total. The third-order valence-corrected chi connectivity index (χ3v) is 5.60. The number of hydrogen-bond acceptors (Lipinski definition) is 5. The highest BCUT2D eigenvalue weighted by Crippen LogP contribution is 2.39. The molecule has 1 fully saturated rings. The van der Waals surface area contributed by atoms with E-state index in [0.29, 0.717) is 5.56 Å². The highest BCUT2D eigenvalue weighted by molar-refractivity contribution is 7.10. The van der Waals surface area contributed by atoms with Crippen molar-refractivity contribution in [2.45, 2.75) is 12.5 Å². The fourth-order valence-electron chi connectivity index (χ4n) is 2.87. The molecule has 2 atom stereocenters. The number of guanidine groups is 1. The Hall–Kier alpha value is -3.16. The number of carbonyl (C=O) groups is 1. The molecule has 0 spiro atoms. The smallest absolute Gasteiger partial charge is 0.249 e. The van der Waals surface area contributed by atoms with Crippen LogP contribution >= 0.6 is 11.3 Å². The van der Waals surface area contributed by atoms with Crippen LogP contribution in [-0.4, -0.2) is 23.8 Å². The molecule has 1 unspecified atom stereocenters. The van der Waals surface area contributed by atoms with Gasteiger partial charge in [-0.3, -0.25) is 15.1 Å². The van der Waals surface area contributed by atoms with Crippen molar-refractivity contribution in [3.63, 3.8) is 0 Å². The summed E-state index contributed by atoms with van der Waals surface area (Å²) in [6, 6.07) is 13.4. The number of rotatable bonds is 2. The first kappa shape index (κ1) is 16.7. The maximum absolute atomic E-state index is 12.4. The standard InChI is InChI=1S/C18H15N5OS/c1-18(14(9-20)16(24)23(2)17(21)22-18)15-7-13(10-25-15)12-5-3-4-11(6-12)8-19/h3-7,10,14H,1-2H3,(H2,21,22)/t14?,18-/m0/s1. The second kappa shape index (κ2) is 6.04. The Labute approximate surface area is 149 Å². The van der Waals surface area contributed by atoms with Crippen LogP contribution in [0.5, 0.6) is 0 Å². The highest BCUT2D eigenvalue weighted by atomic mass is 32.1. The largest absolute Gasteiger partial charge is 0.344 e. The summed E-state index contributed by atoms with van der Waals surface area (Å²) < 4.78 is 0. The van der Waals surface area contributed by atoms with Crippen LogP contribution in [0.4, 0.5) is 0 Å². The van der Waals surface area contributed by atoms with E-state index >= 15 is 0 Å². The number of nitrogens with one attached hydrogen (secondary N) is 2. The monoisotopic (exact) mass is 349 g/mol. The number of nitrogens with zero attached hydrogens (tertiary/aromatic N) is 3. The molecule has 1 aliphatic rings. The maximum atomic E-state index is 12.4. The first-order chi connectivity index (χ1) is 11.9. The van der Waals surface area contributed by atoms with Crippen LogP contribution < -0.4 is 5.32 Å². The van der Waals surface area contributed by atoms with Crippen LogP contribution in [0, 0.1) is 34.0 Å². The van der Waals surface area contributed by atoms with Crippen molar-refractivity contribution >= 4 is 23.2 Å². The number of amides is 1. The lowest BCUT2D eigenvalue weighted by atomic mass is 9.82. The van der Waals surface area contributed by atoms with Gasteiger partial charge >= 0.3 is 0 Å². The molecular weight excluding hydrogens is 334 g/mol. The maximum Gasteiger partial charge on any atom is 0.249 e. The Bertz CT molecular complexity index is 951. The number of benzene rings is 1. The van der Waals surface area contributed by atoms with Gasteiger partial charge in [-0.1, -0.05) is 12.1 Å². The van der Waals surface area contributed by atoms with Crippen molar-refractivity contribution < 1.29 is 4.79 Å². The molecule has 6 nitrogen and oxygen atoms in total. The Kier molecular flexibility index (Phi) is 4.03. The summed E-state index contributed by atoms with van der Waals surface area (Å²) in [4.78, 5) is 14.4. The van der Waals surface area contributed by atoms with Gasteiger partial charge in [-0.25, -0.2) is 0 Å². The van der Waals surface area contributed by atoms with E-state index in [4.69, 9.17) is 10.7 Å². The minimum Gasteiger partial charge on any atom is -0.344 e. The van der Waals surface area contributed by atoms with Gasteiger partial charge in [0, 0.05) is 11.9 Å². The first-order valence-electron chi connectivity index (χ1n) is 7.54. The number of hydrogen-bond donors (Lipinski definition) is 2. The number of carbonyl (C=O) groups excluding carboxylic acids is 1. The Morgan fingerprint density at radius 2 is 2.08 bits per heavy atom. The lowest BCUT2D eigenvalue weighted by molar-refractivity contribution is -0.132. The minimum atomic E-state index is -0.967. The van der Waals surface area contributed by atoms with E-state index in [-0.39, 0.29) is 5.96 Å². The van der Waals surface area contributed by atoms with Crippen LogP contribution in [0.1, 0.15) is 17.4 Å². The molecule has 1 aromatic heterocycles. The summed E-state index contributed by atoms with van der Waals surface area (Å²) in [5, 5.41) is 31.5. The SMILES string of the molecule is CN1C(=N)N[C@](C)(c2cc(-c3cccc(C#N)c3)cs2)C(C#N)C1=O. The van der Waals surface area contributed by atoms with Crippen molar-refractivity contribution in [2.24, 2.45) is 5.92 Å². The quantitative estimate of drug-likeness (QED) is 0.869. The van der Waals surface area contributed by atoms with Crippen molar-refractivity contribution in [3.8, 4) is 23.3 Å². The van der Waals surface area contributed by atoms with Gasteiger partial charge in [0.05, 0.1) is 23.2 Å². The van der Waals surface area contributed by atoms with Crippen LogP contribution in [-0.2, 0) is 10.3 Å². The van der Waals surface area contributed by atoms with E-state index in [1.165, 1.54) is 18.4 Å². The minimum absolute atomic E-state index is 0.0274. The lowest BCUT2D eigenvalue weighted by Gasteiger charge is -2.41. The van der Waals surface area contributed by atoms with Gasteiger partial charge in [-0.2, -0.15) is 10.5 Å². The molecule has 1 aliphatic heterocycles. The predicted molar refractivity (Wildman–Crippen MR) is 94.6 cm³/mol. The summed E-state index contributed by atoms with van der Waals surface area (Å²) in [5.74, 6) is -1.35. The number of nitriles is 2. The second-order valence-corrected chi connectivity index (χ2v) is 6.94. The van der Waals surface area contributed by atoms with Crippen molar-refractivity contribution in [3.05, 3.63) is 46.2 Å². The average Bonchev–Trinajstić information content (AvgIpc) is 3.11. The molecule has 1 amide bonds. The van der Waals surface area contributed by atoms with Gasteiger partial charge in [0.25, 0.3) is 0 Å². The van der Waals surface area contributed by atoms with Gasteiger partial charge in [0.2, 0.25) is 5.91 Å². The predicted octanol–water partition coefficient (Wildman–Crippen LogP) is 2.64. The highest BCUT2D eigenvalue weighted by Gasteiger charge is 2.48. The molecule has 2 heterocycles. The van der Waals surface area contributed by atoms with Gasteiger partial charge in [0.15, 0.2) is 11.9 Å². The molecule has 0 saturated carbocycles. The van der Waals surface area contributed by atoms with Crippen molar-refractivity contribution in [2.75, 3.05) is 7.05 Å². The van der Waals surface area contributed by atoms with Crippen LogP contribution in [0.2, 0.25) is 0 Å². The van der Waals surface area contributed by atoms with E-state index < -0.39 is 17.4 Å². The van der Waals surface area contributed by atoms with Gasteiger partial charge in [-0.15, -0.1) is 11.3 Å². The van der Waals surface area contributed by atoms with E-state index in [0.717, 1.165) is 20.9 Å². The van der Waals surface area contributed by atoms with Crippen LogP contribution in [0.3, 0.4) is 0 Å². The van der Waals surface area contributed by atoms with Crippen molar-refractivity contribution in [1.82, 2.24) is 10.2 Å². The van der Waals surface area contributed by atoms with E-state index in [9.17, 15) is 10.1 Å². The Morgan fingerprint density at radius 1 is 1.32 bits per heavy atom. The average molecular weight is 349 g/mol. The van der Waals surface area contributed by atoms with Crippen molar-refractivity contribution in [1.29, 1.82) is 15.9 Å². The Morgan fingerprint density at radius 3 is 2.76 bits per heavy atom. The van der Waals surface area contributed by atoms with Gasteiger partial charge in [-0.05, 0) is 41.6 Å². The zero-order valence-electron chi connectivity index (χ0n) is 13.7. The topological polar surface area (TPSA) is 104 Å². The molecule has 7 heteroatoms. The summed E-state index contributed by atoms with van der Waals surface area (Å²) in [6.07, 6.45) is 0. The molecule has 1 aromatic carbocycles. The molecule has 0 radical (unpaired) electrons. The zero-order valence-corrected chi connectivity index (χ0v) is 14.5. The summed E-state index contributed by atoms with van der Waals surface area (Å²) in [6.45, 7) is 1.77. The second-order valence-electron chi connectivity index (χ2n) is 6.03. The van der Waals surface area contributed by atoms with Crippen LogP contribution in [0.25, 0.3) is 11.1 Å². The van der Waals surface area contributed by atoms with E-state index in [1.807, 2.05) is 23.6 Å². The van der Waals surface area contributed by atoms with E-state index in [2.05, 4.69) is 17.5 Å². The summed E-state index contributed by atoms with van der Waals surface area (Å²) in [7, 11) is 1.48. The molecule has 0 aliphatic carbocycles. The zero-order chi connectivity index (χ0) is 18.2. The third kappa shape index (κ3) is 2.65. The molecule has 0 bridgehead atoms. The summed E-state index contributed by atoms with van der Waals surface area (Å²) >= 11 is 1.42. The summed E-state index contributed by atoms with van der Waals surface area (Å²) in [5.41, 5.74) is 1.41. The number of thiophene rings is 1. The fourth-order valence-corrected chi connectivity index (χ4v) is 3.94. The van der Waals surface area contributed by atoms with Gasteiger partial charge in [0.1, 0.15) is 0 Å². The molecule has 1 saturated heterocycles. The Balaban J connectivity index is 2.03. The fraction of sp³-hybridized carbons (Fsp3) is 0.222. The lowest BCUT2D eigenvalue weighted by Crippen LogP contribution is -2.63.